The Kier molecular flexibility index (Phi) is 1.64. The van der Waals surface area contributed by atoms with Gasteiger partial charge in [-0.15, -0.1) is 10.2 Å². The van der Waals surface area contributed by atoms with Crippen molar-refractivity contribution in [1.29, 1.82) is 0 Å². The van der Waals surface area contributed by atoms with Crippen LogP contribution in [0.5, 0.6) is 0 Å². The second kappa shape index (κ2) is 2.94. The minimum atomic E-state index is 0.587. The van der Waals surface area contributed by atoms with Crippen LogP contribution in [0.2, 0.25) is 5.15 Å². The second-order valence-electron chi connectivity index (χ2n) is 4.77. The zero-order valence-corrected chi connectivity index (χ0v) is 9.43. The number of rotatable bonds is 1. The van der Waals surface area contributed by atoms with E-state index in [-0.39, 0.29) is 0 Å². The quantitative estimate of drug-likeness (QED) is 0.761. The van der Waals surface area contributed by atoms with E-state index in [4.69, 9.17) is 11.6 Å². The molecule has 2 fully saturated rings. The minimum Gasteiger partial charge on any atom is -0.266 e. The zero-order chi connectivity index (χ0) is 10.7. The van der Waals surface area contributed by atoms with Crippen molar-refractivity contribution in [2.24, 2.45) is 11.8 Å². The topological polar surface area (TPSA) is 43.1 Å². The summed E-state index contributed by atoms with van der Waals surface area (Å²) < 4.78 is 1.94. The monoisotopic (exact) mass is 234 g/mol. The fourth-order valence-corrected chi connectivity index (χ4v) is 3.48. The molecule has 0 saturated heterocycles. The van der Waals surface area contributed by atoms with Crippen molar-refractivity contribution >= 4 is 17.2 Å². The highest BCUT2D eigenvalue weighted by Gasteiger charge is 2.55. The van der Waals surface area contributed by atoms with Crippen LogP contribution in [-0.4, -0.2) is 19.6 Å². The van der Waals surface area contributed by atoms with Crippen LogP contribution < -0.4 is 0 Å². The van der Waals surface area contributed by atoms with Gasteiger partial charge in [0.1, 0.15) is 11.0 Å². The molecule has 5 heteroatoms. The van der Waals surface area contributed by atoms with Crippen molar-refractivity contribution in [1.82, 2.24) is 19.6 Å². The van der Waals surface area contributed by atoms with Gasteiger partial charge in [0, 0.05) is 5.92 Å². The first-order valence-electron chi connectivity index (χ1n) is 5.71. The molecule has 0 amide bonds. The van der Waals surface area contributed by atoms with Gasteiger partial charge in [-0.25, -0.2) is 0 Å². The molecular formula is C11H11ClN4. The average molecular weight is 235 g/mol. The summed E-state index contributed by atoms with van der Waals surface area (Å²) in [6, 6.07) is 0. The van der Waals surface area contributed by atoms with Gasteiger partial charge in [0.2, 0.25) is 0 Å². The second-order valence-corrected chi connectivity index (χ2v) is 5.15. The van der Waals surface area contributed by atoms with E-state index in [1.807, 2.05) is 4.40 Å². The summed E-state index contributed by atoms with van der Waals surface area (Å²) in [5, 5.41) is 9.04. The normalized spacial score (nSPS) is 31.9. The molecule has 2 aliphatic carbocycles. The molecule has 0 radical (unpaired) electrons. The molecule has 82 valence electrons. The number of fused-ring (bicyclic) bond motifs is 2. The largest absolute Gasteiger partial charge is 0.266 e. The first kappa shape index (κ1) is 8.93. The first-order valence-corrected chi connectivity index (χ1v) is 6.08. The summed E-state index contributed by atoms with van der Waals surface area (Å²) in [6.45, 7) is 0. The van der Waals surface area contributed by atoms with Gasteiger partial charge in [-0.3, -0.25) is 9.38 Å². The molecule has 2 aromatic rings. The third-order valence-electron chi connectivity index (χ3n) is 4.00. The Hall–Kier alpha value is -1.16. The Bertz CT molecular complexity index is 554. The number of nitrogens with zero attached hydrogens (tertiary/aromatic N) is 4. The smallest absolute Gasteiger partial charge is 0.180 e. The lowest BCUT2D eigenvalue weighted by atomic mass is 10.1. The fourth-order valence-electron chi connectivity index (χ4n) is 3.26. The number of halogens is 1. The summed E-state index contributed by atoms with van der Waals surface area (Å²) in [6.07, 6.45) is 7.41. The molecule has 2 aliphatic rings. The highest BCUT2D eigenvalue weighted by atomic mass is 35.5. The van der Waals surface area contributed by atoms with Crippen molar-refractivity contribution in [3.63, 3.8) is 0 Å². The summed E-state index contributed by atoms with van der Waals surface area (Å²) in [5.74, 6) is 3.29. The highest BCUT2D eigenvalue weighted by Crippen LogP contribution is 2.62. The van der Waals surface area contributed by atoms with Crippen molar-refractivity contribution in [3.8, 4) is 0 Å². The van der Waals surface area contributed by atoms with E-state index in [0.717, 1.165) is 23.3 Å². The van der Waals surface area contributed by atoms with E-state index in [0.29, 0.717) is 11.1 Å². The molecule has 0 bridgehead atoms. The zero-order valence-electron chi connectivity index (χ0n) is 8.67. The summed E-state index contributed by atoms with van der Waals surface area (Å²) >= 11 is 6.15. The molecule has 0 N–H and O–H groups in total. The van der Waals surface area contributed by atoms with Crippen LogP contribution in [0.15, 0.2) is 12.4 Å². The van der Waals surface area contributed by atoms with Crippen LogP contribution >= 0.6 is 11.6 Å². The van der Waals surface area contributed by atoms with Crippen LogP contribution in [-0.2, 0) is 0 Å². The SMILES string of the molecule is Clc1cncc2nnc(C3C4CCCC43)n12. The predicted molar refractivity (Wildman–Crippen MR) is 59.4 cm³/mol. The Balaban J connectivity index is 1.87. The molecule has 16 heavy (non-hydrogen) atoms. The fraction of sp³-hybridized carbons (Fsp3) is 0.545. The molecule has 4 nitrogen and oxygen atoms in total. The van der Waals surface area contributed by atoms with Gasteiger partial charge in [0.05, 0.1) is 12.4 Å². The van der Waals surface area contributed by atoms with E-state index in [1.165, 1.54) is 19.3 Å². The molecule has 2 unspecified atom stereocenters. The lowest BCUT2D eigenvalue weighted by Gasteiger charge is -2.02. The molecule has 2 heterocycles. The Morgan fingerprint density at radius 2 is 2.00 bits per heavy atom. The molecule has 4 rings (SSSR count). The van der Waals surface area contributed by atoms with Gasteiger partial charge < -0.3 is 0 Å². The predicted octanol–water partition coefficient (Wildman–Crippen LogP) is 2.29. The van der Waals surface area contributed by atoms with Crippen LogP contribution in [0.4, 0.5) is 0 Å². The van der Waals surface area contributed by atoms with Gasteiger partial charge in [-0.2, -0.15) is 0 Å². The van der Waals surface area contributed by atoms with E-state index >= 15 is 0 Å². The van der Waals surface area contributed by atoms with Crippen molar-refractivity contribution in [3.05, 3.63) is 23.4 Å². The van der Waals surface area contributed by atoms with Gasteiger partial charge in [0.25, 0.3) is 0 Å². The minimum absolute atomic E-state index is 0.587. The van der Waals surface area contributed by atoms with Gasteiger partial charge >= 0.3 is 0 Å². The number of aromatic nitrogens is 4. The average Bonchev–Trinajstić information content (AvgIpc) is 2.73. The summed E-state index contributed by atoms with van der Waals surface area (Å²) in [7, 11) is 0. The third kappa shape index (κ3) is 1.03. The lowest BCUT2D eigenvalue weighted by molar-refractivity contribution is 0.653. The van der Waals surface area contributed by atoms with E-state index in [2.05, 4.69) is 15.2 Å². The maximum absolute atomic E-state index is 6.15. The van der Waals surface area contributed by atoms with Gasteiger partial charge in [0.15, 0.2) is 5.65 Å². The van der Waals surface area contributed by atoms with E-state index in [1.54, 1.807) is 12.4 Å². The van der Waals surface area contributed by atoms with Crippen LogP contribution in [0.1, 0.15) is 31.0 Å². The Labute approximate surface area is 97.7 Å². The van der Waals surface area contributed by atoms with Crippen LogP contribution in [0.3, 0.4) is 0 Å². The van der Waals surface area contributed by atoms with Crippen LogP contribution in [0, 0.1) is 11.8 Å². The molecule has 0 aliphatic heterocycles. The Morgan fingerprint density at radius 3 is 2.81 bits per heavy atom. The molecule has 2 saturated carbocycles. The summed E-state index contributed by atoms with van der Waals surface area (Å²) in [5.41, 5.74) is 0.757. The van der Waals surface area contributed by atoms with E-state index in [9.17, 15) is 0 Å². The lowest BCUT2D eigenvalue weighted by Crippen LogP contribution is -1.98. The van der Waals surface area contributed by atoms with E-state index < -0.39 is 0 Å². The van der Waals surface area contributed by atoms with Gasteiger partial charge in [-0.05, 0) is 24.7 Å². The number of hydrogen-bond donors (Lipinski definition) is 0. The van der Waals surface area contributed by atoms with Crippen molar-refractivity contribution < 1.29 is 0 Å². The molecule has 0 spiro atoms. The highest BCUT2D eigenvalue weighted by molar-refractivity contribution is 6.29. The molecular weight excluding hydrogens is 224 g/mol. The van der Waals surface area contributed by atoms with Crippen molar-refractivity contribution in [2.75, 3.05) is 0 Å². The first-order chi connectivity index (χ1) is 7.86. The molecule has 0 aromatic carbocycles. The van der Waals surface area contributed by atoms with Gasteiger partial charge in [-0.1, -0.05) is 18.0 Å². The standard InChI is InChI=1S/C11H11ClN4/c12-8-4-13-5-9-14-15-11(16(8)9)10-6-2-1-3-7(6)10/h4-7,10H,1-3H2. The number of hydrogen-bond acceptors (Lipinski definition) is 3. The third-order valence-corrected chi connectivity index (χ3v) is 4.27. The van der Waals surface area contributed by atoms with Crippen molar-refractivity contribution in [2.45, 2.75) is 25.2 Å². The maximum Gasteiger partial charge on any atom is 0.180 e. The Morgan fingerprint density at radius 1 is 1.19 bits per heavy atom. The molecule has 2 atom stereocenters. The summed E-state index contributed by atoms with van der Waals surface area (Å²) in [4.78, 5) is 4.02. The molecule has 2 aromatic heterocycles. The van der Waals surface area contributed by atoms with Crippen LogP contribution in [0.25, 0.3) is 5.65 Å². The maximum atomic E-state index is 6.15.